The Morgan fingerprint density at radius 3 is 2.11 bits per heavy atom. The monoisotopic (exact) mass is 488 g/mol. The lowest BCUT2D eigenvalue weighted by atomic mass is 10.0. The van der Waals surface area contributed by atoms with Gasteiger partial charge in [0.1, 0.15) is 0 Å². The van der Waals surface area contributed by atoms with E-state index in [1.807, 2.05) is 19.1 Å². The lowest BCUT2D eigenvalue weighted by molar-refractivity contribution is -0.110. The van der Waals surface area contributed by atoms with Gasteiger partial charge in [-0.25, -0.2) is 0 Å². The van der Waals surface area contributed by atoms with Gasteiger partial charge in [-0.05, 0) is 60.4 Å². The van der Waals surface area contributed by atoms with E-state index in [9.17, 15) is 4.79 Å². The zero-order valence-electron chi connectivity index (χ0n) is 21.1. The summed E-state index contributed by atoms with van der Waals surface area (Å²) in [5.41, 5.74) is 14.5. The summed E-state index contributed by atoms with van der Waals surface area (Å²) in [5.74, 6) is -0.114. The van der Waals surface area contributed by atoms with Gasteiger partial charge >= 0.3 is 0 Å². The molecule has 0 saturated heterocycles. The SMILES string of the molecule is CC(Nc1ccc(CN(CCc2ccccc2)Cc2ccccc2)cc1)=C1C(=O)Nc2ccc(N)cc21. The number of hydrogen-bond acceptors (Lipinski definition) is 4. The molecule has 5 nitrogen and oxygen atoms in total. The largest absolute Gasteiger partial charge is 0.399 e. The van der Waals surface area contributed by atoms with Crippen LogP contribution in [0.2, 0.25) is 0 Å². The Hall–Kier alpha value is -4.35. The summed E-state index contributed by atoms with van der Waals surface area (Å²) in [7, 11) is 0. The molecule has 4 aromatic rings. The van der Waals surface area contributed by atoms with Crippen molar-refractivity contribution in [3.8, 4) is 0 Å². The van der Waals surface area contributed by atoms with E-state index in [1.165, 1.54) is 16.7 Å². The first-order valence-corrected chi connectivity index (χ1v) is 12.6. The number of allylic oxidation sites excluding steroid dienone is 1. The number of hydrogen-bond donors (Lipinski definition) is 3. The number of nitrogens with zero attached hydrogens (tertiary/aromatic N) is 1. The van der Waals surface area contributed by atoms with Crippen LogP contribution in [0.1, 0.15) is 29.2 Å². The molecule has 0 atom stereocenters. The quantitative estimate of drug-likeness (QED) is 0.191. The molecule has 0 aromatic heterocycles. The molecule has 0 bridgehead atoms. The van der Waals surface area contributed by atoms with E-state index in [1.54, 1.807) is 6.07 Å². The molecule has 1 amide bonds. The van der Waals surface area contributed by atoms with Gasteiger partial charge in [-0.15, -0.1) is 0 Å². The molecule has 1 heterocycles. The fourth-order valence-electron chi connectivity index (χ4n) is 4.78. The first-order chi connectivity index (χ1) is 18.0. The van der Waals surface area contributed by atoms with Gasteiger partial charge in [0, 0.05) is 48.0 Å². The van der Waals surface area contributed by atoms with Crippen LogP contribution in [0, 0.1) is 0 Å². The van der Waals surface area contributed by atoms with E-state index in [-0.39, 0.29) is 5.91 Å². The number of carbonyl (C=O) groups excluding carboxylic acids is 1. The van der Waals surface area contributed by atoms with Gasteiger partial charge in [-0.3, -0.25) is 9.69 Å². The summed E-state index contributed by atoms with van der Waals surface area (Å²) in [6, 6.07) is 35.2. The lowest BCUT2D eigenvalue weighted by Crippen LogP contribution is -2.25. The predicted molar refractivity (Wildman–Crippen MR) is 153 cm³/mol. The molecule has 0 spiro atoms. The van der Waals surface area contributed by atoms with Crippen molar-refractivity contribution >= 4 is 28.5 Å². The standard InChI is InChI=1S/C32H32N4O/c1-23(31-29-20-27(33)14-17-30(29)35-32(31)37)34-28-15-12-26(13-16-28)22-36(21-25-10-6-3-7-11-25)19-18-24-8-4-2-5-9-24/h2-17,20,34H,18-19,21-22,33H2,1H3,(H,35,37). The van der Waals surface area contributed by atoms with Crippen molar-refractivity contribution in [2.75, 3.05) is 22.9 Å². The topological polar surface area (TPSA) is 70.4 Å². The molecular weight excluding hydrogens is 456 g/mol. The Balaban J connectivity index is 1.29. The highest BCUT2D eigenvalue weighted by Gasteiger charge is 2.26. The van der Waals surface area contributed by atoms with E-state index >= 15 is 0 Å². The summed E-state index contributed by atoms with van der Waals surface area (Å²) in [4.78, 5) is 15.1. The van der Waals surface area contributed by atoms with Gasteiger partial charge < -0.3 is 16.4 Å². The molecule has 37 heavy (non-hydrogen) atoms. The number of rotatable bonds is 9. The second kappa shape index (κ2) is 11.1. The molecule has 5 heteroatoms. The van der Waals surface area contributed by atoms with Crippen LogP contribution in [0.5, 0.6) is 0 Å². The van der Waals surface area contributed by atoms with Crippen molar-refractivity contribution in [2.24, 2.45) is 0 Å². The molecule has 4 N–H and O–H groups in total. The van der Waals surface area contributed by atoms with Gasteiger partial charge in [-0.1, -0.05) is 72.8 Å². The Morgan fingerprint density at radius 1 is 0.811 bits per heavy atom. The zero-order chi connectivity index (χ0) is 25.6. The predicted octanol–water partition coefficient (Wildman–Crippen LogP) is 6.31. The Bertz CT molecular complexity index is 1400. The molecule has 0 unspecified atom stereocenters. The summed E-state index contributed by atoms with van der Waals surface area (Å²) < 4.78 is 0. The van der Waals surface area contributed by atoms with Gasteiger partial charge in [0.05, 0.1) is 5.57 Å². The lowest BCUT2D eigenvalue weighted by Gasteiger charge is -2.23. The van der Waals surface area contributed by atoms with Crippen LogP contribution < -0.4 is 16.4 Å². The van der Waals surface area contributed by atoms with Crippen LogP contribution in [0.3, 0.4) is 0 Å². The van der Waals surface area contributed by atoms with Crippen molar-refractivity contribution in [1.29, 1.82) is 0 Å². The van der Waals surface area contributed by atoms with E-state index in [0.717, 1.165) is 48.7 Å². The van der Waals surface area contributed by atoms with Crippen LogP contribution in [0.4, 0.5) is 17.1 Å². The van der Waals surface area contributed by atoms with Crippen LogP contribution in [0.25, 0.3) is 5.57 Å². The van der Waals surface area contributed by atoms with Gasteiger partial charge in [0.2, 0.25) is 0 Å². The molecule has 186 valence electrons. The second-order valence-electron chi connectivity index (χ2n) is 9.51. The zero-order valence-corrected chi connectivity index (χ0v) is 21.1. The Labute approximate surface area is 218 Å². The maximum absolute atomic E-state index is 12.6. The third-order valence-corrected chi connectivity index (χ3v) is 6.66. The minimum atomic E-state index is -0.114. The van der Waals surface area contributed by atoms with Gasteiger partial charge in [0.15, 0.2) is 0 Å². The number of fused-ring (bicyclic) bond motifs is 1. The molecule has 1 aliphatic heterocycles. The molecular formula is C32H32N4O. The van der Waals surface area contributed by atoms with Crippen LogP contribution in [-0.2, 0) is 24.3 Å². The molecule has 1 aliphatic rings. The normalized spacial score (nSPS) is 13.8. The van der Waals surface area contributed by atoms with Crippen molar-refractivity contribution in [2.45, 2.75) is 26.4 Å². The third-order valence-electron chi connectivity index (χ3n) is 6.66. The fraction of sp³-hybridized carbons (Fsp3) is 0.156. The van der Waals surface area contributed by atoms with Gasteiger partial charge in [0.25, 0.3) is 5.91 Å². The molecule has 0 radical (unpaired) electrons. The van der Waals surface area contributed by atoms with E-state index < -0.39 is 0 Å². The summed E-state index contributed by atoms with van der Waals surface area (Å²) in [6.07, 6.45) is 1.01. The van der Waals surface area contributed by atoms with E-state index in [0.29, 0.717) is 11.3 Å². The summed E-state index contributed by atoms with van der Waals surface area (Å²) in [5, 5.41) is 6.32. The van der Waals surface area contributed by atoms with E-state index in [4.69, 9.17) is 5.73 Å². The molecule has 0 aliphatic carbocycles. The number of nitrogens with two attached hydrogens (primary N) is 1. The molecule has 5 rings (SSSR count). The minimum absolute atomic E-state index is 0.114. The molecule has 0 fully saturated rings. The smallest absolute Gasteiger partial charge is 0.258 e. The number of nitrogens with one attached hydrogen (secondary N) is 2. The van der Waals surface area contributed by atoms with Crippen molar-refractivity contribution in [3.63, 3.8) is 0 Å². The highest BCUT2D eigenvalue weighted by Crippen LogP contribution is 2.35. The van der Waals surface area contributed by atoms with Crippen molar-refractivity contribution in [1.82, 2.24) is 4.90 Å². The van der Waals surface area contributed by atoms with Crippen LogP contribution in [0.15, 0.2) is 109 Å². The number of carbonyl (C=O) groups is 1. The summed E-state index contributed by atoms with van der Waals surface area (Å²) >= 11 is 0. The molecule has 0 saturated carbocycles. The Morgan fingerprint density at radius 2 is 1.43 bits per heavy atom. The number of benzene rings is 4. The maximum atomic E-state index is 12.6. The number of amides is 1. The molecule has 4 aromatic carbocycles. The van der Waals surface area contributed by atoms with Crippen molar-refractivity contribution in [3.05, 3.63) is 131 Å². The highest BCUT2D eigenvalue weighted by molar-refractivity contribution is 6.32. The van der Waals surface area contributed by atoms with Crippen LogP contribution >= 0.6 is 0 Å². The van der Waals surface area contributed by atoms with Gasteiger partial charge in [-0.2, -0.15) is 0 Å². The van der Waals surface area contributed by atoms with Crippen LogP contribution in [-0.4, -0.2) is 17.4 Å². The second-order valence-corrected chi connectivity index (χ2v) is 9.51. The number of nitrogen functional groups attached to an aromatic ring is 1. The first kappa shape index (κ1) is 24.3. The Kier molecular flexibility index (Phi) is 7.33. The average molecular weight is 489 g/mol. The maximum Gasteiger partial charge on any atom is 0.258 e. The van der Waals surface area contributed by atoms with E-state index in [2.05, 4.69) is 100 Å². The third kappa shape index (κ3) is 6.08. The first-order valence-electron chi connectivity index (χ1n) is 12.6. The number of anilines is 3. The fourth-order valence-corrected chi connectivity index (χ4v) is 4.78. The average Bonchev–Trinajstić information content (AvgIpc) is 3.24. The highest BCUT2D eigenvalue weighted by atomic mass is 16.2. The summed E-state index contributed by atoms with van der Waals surface area (Å²) in [6.45, 7) is 4.65. The minimum Gasteiger partial charge on any atom is -0.399 e. The van der Waals surface area contributed by atoms with Crippen molar-refractivity contribution < 1.29 is 4.79 Å².